The Hall–Kier alpha value is -1.13. The standard InChI is InChI=1S/C18H31NO3/c1-15-18(22)13-12-16(19-15)9-5-2-3-6-10-17(21)11-7-4-8-14-20/h12-13,17,20-22H,2-11,14H2,1H3/t17-/m0/s1. The third kappa shape index (κ3) is 8.35. The molecule has 1 aromatic heterocycles. The Kier molecular flexibility index (Phi) is 9.84. The number of aryl methyl sites for hydroxylation is 2. The van der Waals surface area contributed by atoms with Gasteiger partial charge in [-0.3, -0.25) is 4.98 Å². The lowest BCUT2D eigenvalue weighted by atomic mass is 10.0. The fourth-order valence-corrected chi connectivity index (χ4v) is 2.60. The molecule has 4 heteroatoms. The van der Waals surface area contributed by atoms with E-state index in [0.717, 1.165) is 69.9 Å². The number of nitrogens with zero attached hydrogens (tertiary/aromatic N) is 1. The number of aromatic nitrogens is 1. The van der Waals surface area contributed by atoms with Crippen LogP contribution in [-0.4, -0.2) is 33.0 Å². The van der Waals surface area contributed by atoms with E-state index in [2.05, 4.69) is 4.98 Å². The summed E-state index contributed by atoms with van der Waals surface area (Å²) in [6.07, 6.45) is 9.84. The van der Waals surface area contributed by atoms with Gasteiger partial charge < -0.3 is 15.3 Å². The molecule has 0 aliphatic rings. The summed E-state index contributed by atoms with van der Waals surface area (Å²) in [5, 5.41) is 28.0. The fraction of sp³-hybridized carbons (Fsp3) is 0.722. The third-order valence-corrected chi connectivity index (χ3v) is 4.03. The normalized spacial score (nSPS) is 12.5. The smallest absolute Gasteiger partial charge is 0.136 e. The van der Waals surface area contributed by atoms with Crippen LogP contribution in [0, 0.1) is 6.92 Å². The largest absolute Gasteiger partial charge is 0.506 e. The van der Waals surface area contributed by atoms with Gasteiger partial charge in [0.2, 0.25) is 0 Å². The summed E-state index contributed by atoms with van der Waals surface area (Å²) in [6, 6.07) is 3.60. The third-order valence-electron chi connectivity index (χ3n) is 4.03. The Morgan fingerprint density at radius 3 is 2.23 bits per heavy atom. The van der Waals surface area contributed by atoms with Gasteiger partial charge in [-0.1, -0.05) is 32.1 Å². The van der Waals surface area contributed by atoms with Crippen molar-refractivity contribution in [1.82, 2.24) is 4.98 Å². The van der Waals surface area contributed by atoms with Crippen molar-refractivity contribution in [2.75, 3.05) is 6.61 Å². The van der Waals surface area contributed by atoms with Crippen LogP contribution in [0.5, 0.6) is 5.75 Å². The van der Waals surface area contributed by atoms with Crippen molar-refractivity contribution in [3.05, 3.63) is 23.5 Å². The topological polar surface area (TPSA) is 73.6 Å². The lowest BCUT2D eigenvalue weighted by Gasteiger charge is -2.10. The van der Waals surface area contributed by atoms with Crippen molar-refractivity contribution in [3.8, 4) is 5.75 Å². The average Bonchev–Trinajstić information content (AvgIpc) is 2.50. The van der Waals surface area contributed by atoms with E-state index >= 15 is 0 Å². The highest BCUT2D eigenvalue weighted by molar-refractivity contribution is 5.26. The van der Waals surface area contributed by atoms with E-state index < -0.39 is 0 Å². The molecule has 126 valence electrons. The number of unbranched alkanes of at least 4 members (excludes halogenated alkanes) is 5. The number of aromatic hydroxyl groups is 1. The highest BCUT2D eigenvalue weighted by atomic mass is 16.3. The lowest BCUT2D eigenvalue weighted by molar-refractivity contribution is 0.146. The predicted molar refractivity (Wildman–Crippen MR) is 89.0 cm³/mol. The molecule has 0 fully saturated rings. The summed E-state index contributed by atoms with van der Waals surface area (Å²) in [6.45, 7) is 2.08. The van der Waals surface area contributed by atoms with Gasteiger partial charge in [-0.2, -0.15) is 0 Å². The molecule has 0 saturated heterocycles. The van der Waals surface area contributed by atoms with Gasteiger partial charge >= 0.3 is 0 Å². The summed E-state index contributed by atoms with van der Waals surface area (Å²) in [7, 11) is 0. The van der Waals surface area contributed by atoms with Crippen LogP contribution < -0.4 is 0 Å². The Morgan fingerprint density at radius 2 is 1.59 bits per heavy atom. The molecule has 0 saturated carbocycles. The van der Waals surface area contributed by atoms with Crippen LogP contribution in [0.3, 0.4) is 0 Å². The molecule has 0 aliphatic heterocycles. The summed E-state index contributed by atoms with van der Waals surface area (Å²) >= 11 is 0. The maximum atomic E-state index is 9.84. The van der Waals surface area contributed by atoms with Gasteiger partial charge in [0, 0.05) is 12.3 Å². The molecule has 0 amide bonds. The van der Waals surface area contributed by atoms with E-state index in [1.165, 1.54) is 0 Å². The quantitative estimate of drug-likeness (QED) is 0.517. The van der Waals surface area contributed by atoms with Crippen molar-refractivity contribution in [1.29, 1.82) is 0 Å². The molecule has 0 aliphatic carbocycles. The molecular weight excluding hydrogens is 278 g/mol. The Bertz CT molecular complexity index is 409. The van der Waals surface area contributed by atoms with E-state index in [1.54, 1.807) is 6.07 Å². The minimum absolute atomic E-state index is 0.180. The van der Waals surface area contributed by atoms with Crippen LogP contribution in [0.1, 0.15) is 69.2 Å². The molecule has 0 spiro atoms. The Balaban J connectivity index is 2.00. The summed E-state index contributed by atoms with van der Waals surface area (Å²) in [4.78, 5) is 4.36. The van der Waals surface area contributed by atoms with Crippen molar-refractivity contribution in [2.45, 2.75) is 77.2 Å². The first-order chi connectivity index (χ1) is 10.6. The molecule has 1 heterocycles. The molecule has 22 heavy (non-hydrogen) atoms. The number of rotatable bonds is 12. The van der Waals surface area contributed by atoms with Crippen LogP contribution >= 0.6 is 0 Å². The Morgan fingerprint density at radius 1 is 0.955 bits per heavy atom. The van der Waals surface area contributed by atoms with Crippen molar-refractivity contribution in [2.24, 2.45) is 0 Å². The minimum Gasteiger partial charge on any atom is -0.506 e. The van der Waals surface area contributed by atoms with Gasteiger partial charge in [0.25, 0.3) is 0 Å². The zero-order valence-corrected chi connectivity index (χ0v) is 13.8. The van der Waals surface area contributed by atoms with E-state index in [0.29, 0.717) is 5.69 Å². The van der Waals surface area contributed by atoms with Crippen molar-refractivity contribution in [3.63, 3.8) is 0 Å². The zero-order valence-electron chi connectivity index (χ0n) is 13.8. The zero-order chi connectivity index (χ0) is 16.2. The average molecular weight is 309 g/mol. The molecule has 3 N–H and O–H groups in total. The molecule has 1 atom stereocenters. The van der Waals surface area contributed by atoms with Crippen molar-refractivity contribution >= 4 is 0 Å². The SMILES string of the molecule is Cc1nc(CCCCCC[C@H](O)CCCCCO)ccc1O. The molecule has 4 nitrogen and oxygen atoms in total. The molecular formula is C18H31NO3. The van der Waals surface area contributed by atoms with Crippen LogP contribution in [0.15, 0.2) is 12.1 Å². The van der Waals surface area contributed by atoms with Crippen LogP contribution in [0.4, 0.5) is 0 Å². The minimum atomic E-state index is -0.180. The van der Waals surface area contributed by atoms with E-state index in [4.69, 9.17) is 5.11 Å². The van der Waals surface area contributed by atoms with Crippen LogP contribution in [0.2, 0.25) is 0 Å². The van der Waals surface area contributed by atoms with E-state index in [9.17, 15) is 10.2 Å². The predicted octanol–water partition coefficient (Wildman–Crippen LogP) is 3.50. The molecule has 0 unspecified atom stereocenters. The first kappa shape index (κ1) is 18.9. The number of aliphatic hydroxyl groups excluding tert-OH is 2. The highest BCUT2D eigenvalue weighted by Crippen LogP contribution is 2.16. The number of hydrogen-bond donors (Lipinski definition) is 3. The van der Waals surface area contributed by atoms with Gasteiger partial charge in [0.15, 0.2) is 0 Å². The fourth-order valence-electron chi connectivity index (χ4n) is 2.60. The summed E-state index contributed by atoms with van der Waals surface area (Å²) in [5.74, 6) is 0.261. The monoisotopic (exact) mass is 309 g/mol. The Labute approximate surface area is 134 Å². The summed E-state index contributed by atoms with van der Waals surface area (Å²) in [5.41, 5.74) is 1.74. The number of pyridine rings is 1. The van der Waals surface area contributed by atoms with E-state index in [-0.39, 0.29) is 18.5 Å². The van der Waals surface area contributed by atoms with Crippen LogP contribution in [0.25, 0.3) is 0 Å². The van der Waals surface area contributed by atoms with E-state index in [1.807, 2.05) is 13.0 Å². The number of hydrogen-bond acceptors (Lipinski definition) is 4. The molecule has 1 rings (SSSR count). The maximum Gasteiger partial charge on any atom is 0.136 e. The highest BCUT2D eigenvalue weighted by Gasteiger charge is 2.04. The van der Waals surface area contributed by atoms with Gasteiger partial charge in [-0.25, -0.2) is 0 Å². The second kappa shape index (κ2) is 11.4. The lowest BCUT2D eigenvalue weighted by Crippen LogP contribution is -2.06. The molecule has 1 aromatic rings. The molecule has 0 bridgehead atoms. The van der Waals surface area contributed by atoms with Gasteiger partial charge in [-0.05, 0) is 51.2 Å². The van der Waals surface area contributed by atoms with Crippen molar-refractivity contribution < 1.29 is 15.3 Å². The first-order valence-electron chi connectivity index (χ1n) is 8.58. The number of aliphatic hydroxyl groups is 2. The summed E-state index contributed by atoms with van der Waals surface area (Å²) < 4.78 is 0. The second-order valence-electron chi connectivity index (χ2n) is 6.09. The van der Waals surface area contributed by atoms with Gasteiger partial charge in [0.05, 0.1) is 11.8 Å². The molecule has 0 radical (unpaired) electrons. The molecule has 0 aromatic carbocycles. The van der Waals surface area contributed by atoms with Gasteiger partial charge in [0.1, 0.15) is 5.75 Å². The first-order valence-corrected chi connectivity index (χ1v) is 8.58. The second-order valence-corrected chi connectivity index (χ2v) is 6.09. The maximum absolute atomic E-state index is 9.84. The van der Waals surface area contributed by atoms with Gasteiger partial charge in [-0.15, -0.1) is 0 Å². The van der Waals surface area contributed by atoms with Crippen LogP contribution in [-0.2, 0) is 6.42 Å².